The van der Waals surface area contributed by atoms with Crippen LogP contribution < -0.4 is 15.8 Å². The lowest BCUT2D eigenvalue weighted by Gasteiger charge is -2.19. The summed E-state index contributed by atoms with van der Waals surface area (Å²) in [5.74, 6) is 0.562. The van der Waals surface area contributed by atoms with Crippen molar-refractivity contribution in [3.05, 3.63) is 29.5 Å². The summed E-state index contributed by atoms with van der Waals surface area (Å²) in [6.07, 6.45) is 2.67. The Morgan fingerprint density at radius 1 is 1.17 bits per heavy atom. The number of amides is 1. The van der Waals surface area contributed by atoms with E-state index in [2.05, 4.69) is 25.3 Å². The van der Waals surface area contributed by atoms with Gasteiger partial charge < -0.3 is 15.2 Å². The van der Waals surface area contributed by atoms with Crippen LogP contribution in [0.5, 0.6) is 5.88 Å². The summed E-state index contributed by atoms with van der Waals surface area (Å²) < 4.78 is 9.92. The standard InChI is InChI=1S/C11H14N4O3.C7H8N4/c1-11(2,3)18-10(16)15-8-6-13-7(5-12)9(14-8)17-4;1-2-5-6(3-8)10-4-7(9)11-5/h6H,1-4H3,(H,14,15,16);4H,2H2,1H3,(H2,9,11). The van der Waals surface area contributed by atoms with Gasteiger partial charge in [0.05, 0.1) is 25.2 Å². The lowest BCUT2D eigenvalue weighted by atomic mass is 10.2. The number of methoxy groups -OCH3 is 1. The second-order valence-corrected chi connectivity index (χ2v) is 6.41. The summed E-state index contributed by atoms with van der Waals surface area (Å²) in [6.45, 7) is 7.15. The minimum absolute atomic E-state index is 0.0473. The van der Waals surface area contributed by atoms with Gasteiger partial charge in [0.1, 0.15) is 23.6 Å². The first-order chi connectivity index (χ1) is 13.6. The molecule has 11 heteroatoms. The minimum Gasteiger partial charge on any atom is -0.479 e. The van der Waals surface area contributed by atoms with Crippen molar-refractivity contribution < 1.29 is 14.3 Å². The van der Waals surface area contributed by atoms with E-state index >= 15 is 0 Å². The molecule has 2 heterocycles. The molecule has 2 aromatic heterocycles. The third kappa shape index (κ3) is 7.64. The number of hydrogen-bond donors (Lipinski definition) is 2. The van der Waals surface area contributed by atoms with Crippen LogP contribution in [0.25, 0.3) is 0 Å². The predicted octanol–water partition coefficient (Wildman–Crippen LogP) is 2.20. The molecular weight excluding hydrogens is 376 g/mol. The zero-order valence-corrected chi connectivity index (χ0v) is 16.8. The third-order valence-corrected chi connectivity index (χ3v) is 2.97. The maximum Gasteiger partial charge on any atom is 0.413 e. The van der Waals surface area contributed by atoms with Crippen LogP contribution in [0.4, 0.5) is 16.4 Å². The first kappa shape index (κ1) is 23.0. The minimum atomic E-state index is -0.649. The number of carbonyl (C=O) groups is 1. The normalized spacial score (nSPS) is 9.90. The SMILES string of the molecule is CCc1nc(N)cnc1C#N.COc1nc(NC(=O)OC(C)(C)C)cnc1C#N. The number of nitrogens with two attached hydrogens (primary N) is 1. The number of hydrogen-bond acceptors (Lipinski definition) is 10. The molecule has 2 rings (SSSR count). The van der Waals surface area contributed by atoms with Crippen molar-refractivity contribution in [2.45, 2.75) is 39.7 Å². The molecule has 0 saturated heterocycles. The summed E-state index contributed by atoms with van der Waals surface area (Å²) in [5.41, 5.74) is 5.84. The molecule has 0 atom stereocenters. The lowest BCUT2D eigenvalue weighted by molar-refractivity contribution is 0.0635. The number of nitrogens with one attached hydrogen (secondary N) is 1. The second-order valence-electron chi connectivity index (χ2n) is 6.41. The van der Waals surface area contributed by atoms with Crippen LogP contribution in [0.3, 0.4) is 0 Å². The Morgan fingerprint density at radius 2 is 1.79 bits per heavy atom. The summed E-state index contributed by atoms with van der Waals surface area (Å²) in [5, 5.41) is 19.7. The molecule has 29 heavy (non-hydrogen) atoms. The van der Waals surface area contributed by atoms with Gasteiger partial charge in [0.2, 0.25) is 5.69 Å². The molecule has 3 N–H and O–H groups in total. The molecule has 2 aromatic rings. The average molecular weight is 398 g/mol. The highest BCUT2D eigenvalue weighted by molar-refractivity contribution is 5.83. The van der Waals surface area contributed by atoms with Gasteiger partial charge in [-0.2, -0.15) is 15.5 Å². The van der Waals surface area contributed by atoms with Gasteiger partial charge in [0.25, 0.3) is 5.88 Å². The number of aromatic nitrogens is 4. The van der Waals surface area contributed by atoms with E-state index in [0.717, 1.165) is 0 Å². The van der Waals surface area contributed by atoms with Crippen molar-refractivity contribution in [2.75, 3.05) is 18.2 Å². The van der Waals surface area contributed by atoms with Gasteiger partial charge in [0, 0.05) is 0 Å². The highest BCUT2D eigenvalue weighted by Crippen LogP contribution is 2.15. The molecule has 0 spiro atoms. The number of nitrogen functional groups attached to an aromatic ring is 1. The maximum absolute atomic E-state index is 11.5. The molecular formula is C18H22N8O3. The van der Waals surface area contributed by atoms with Gasteiger partial charge in [-0.25, -0.2) is 19.7 Å². The zero-order valence-electron chi connectivity index (χ0n) is 16.8. The Kier molecular flexibility index (Phi) is 8.24. The molecule has 0 bridgehead atoms. The summed E-state index contributed by atoms with van der Waals surface area (Å²) >= 11 is 0. The van der Waals surface area contributed by atoms with Gasteiger partial charge in [-0.1, -0.05) is 6.92 Å². The third-order valence-electron chi connectivity index (χ3n) is 2.97. The Bertz CT molecular complexity index is 942. The molecule has 0 aliphatic heterocycles. The molecule has 0 aliphatic carbocycles. The Hall–Kier alpha value is -3.99. The van der Waals surface area contributed by atoms with Crippen LogP contribution in [-0.4, -0.2) is 38.7 Å². The lowest BCUT2D eigenvalue weighted by Crippen LogP contribution is -2.27. The van der Waals surface area contributed by atoms with E-state index in [4.69, 9.17) is 25.7 Å². The molecule has 0 aliphatic rings. The molecule has 11 nitrogen and oxygen atoms in total. The summed E-state index contributed by atoms with van der Waals surface area (Å²) in [4.78, 5) is 27.0. The van der Waals surface area contributed by atoms with Crippen LogP contribution in [-0.2, 0) is 11.2 Å². The molecule has 0 fully saturated rings. The fraction of sp³-hybridized carbons (Fsp3) is 0.389. The Labute approximate surface area is 168 Å². The monoisotopic (exact) mass is 398 g/mol. The molecule has 1 amide bonds. The number of rotatable bonds is 3. The first-order valence-electron chi connectivity index (χ1n) is 8.46. The van der Waals surface area contributed by atoms with E-state index in [9.17, 15) is 4.79 Å². The number of ether oxygens (including phenoxy) is 2. The van der Waals surface area contributed by atoms with E-state index in [0.29, 0.717) is 23.6 Å². The highest BCUT2D eigenvalue weighted by Gasteiger charge is 2.17. The number of carbonyl (C=O) groups excluding carboxylic acids is 1. The van der Waals surface area contributed by atoms with Crippen LogP contribution in [0.2, 0.25) is 0 Å². The summed E-state index contributed by atoms with van der Waals surface area (Å²) in [6, 6.07) is 3.77. The quantitative estimate of drug-likeness (QED) is 0.780. The maximum atomic E-state index is 11.5. The van der Waals surface area contributed by atoms with Gasteiger partial charge >= 0.3 is 6.09 Å². The average Bonchev–Trinajstić information content (AvgIpc) is 2.66. The summed E-state index contributed by atoms with van der Waals surface area (Å²) in [7, 11) is 1.36. The van der Waals surface area contributed by atoms with E-state index in [1.54, 1.807) is 20.8 Å². The van der Waals surface area contributed by atoms with Gasteiger partial charge in [-0.3, -0.25) is 5.32 Å². The molecule has 0 radical (unpaired) electrons. The van der Waals surface area contributed by atoms with Crippen LogP contribution in [0.15, 0.2) is 12.4 Å². The second kappa shape index (κ2) is 10.4. The van der Waals surface area contributed by atoms with E-state index < -0.39 is 11.7 Å². The zero-order chi connectivity index (χ0) is 22.0. The van der Waals surface area contributed by atoms with Crippen molar-refractivity contribution in [3.8, 4) is 18.0 Å². The highest BCUT2D eigenvalue weighted by atomic mass is 16.6. The molecule has 0 unspecified atom stereocenters. The number of nitrogens with zero attached hydrogens (tertiary/aromatic N) is 6. The van der Waals surface area contributed by atoms with Gasteiger partial charge in [-0.05, 0) is 27.2 Å². The molecule has 0 aromatic carbocycles. The van der Waals surface area contributed by atoms with Gasteiger partial charge in [-0.15, -0.1) is 0 Å². The van der Waals surface area contributed by atoms with Crippen molar-refractivity contribution in [3.63, 3.8) is 0 Å². The predicted molar refractivity (Wildman–Crippen MR) is 104 cm³/mol. The molecule has 152 valence electrons. The van der Waals surface area contributed by atoms with Crippen molar-refractivity contribution in [1.29, 1.82) is 10.5 Å². The first-order valence-corrected chi connectivity index (χ1v) is 8.46. The Morgan fingerprint density at radius 3 is 2.31 bits per heavy atom. The fourth-order valence-corrected chi connectivity index (χ4v) is 1.84. The fourth-order valence-electron chi connectivity index (χ4n) is 1.84. The topological polar surface area (TPSA) is 173 Å². The van der Waals surface area contributed by atoms with Crippen LogP contribution in [0.1, 0.15) is 44.8 Å². The van der Waals surface area contributed by atoms with Crippen LogP contribution in [0, 0.1) is 22.7 Å². The number of anilines is 2. The number of aryl methyl sites for hydroxylation is 1. The van der Waals surface area contributed by atoms with Crippen molar-refractivity contribution in [2.24, 2.45) is 0 Å². The van der Waals surface area contributed by atoms with Crippen molar-refractivity contribution >= 4 is 17.7 Å². The van der Waals surface area contributed by atoms with E-state index in [-0.39, 0.29) is 17.4 Å². The van der Waals surface area contributed by atoms with E-state index in [1.165, 1.54) is 19.5 Å². The van der Waals surface area contributed by atoms with Crippen molar-refractivity contribution in [1.82, 2.24) is 19.9 Å². The smallest absolute Gasteiger partial charge is 0.413 e. The largest absolute Gasteiger partial charge is 0.479 e. The molecule has 0 saturated carbocycles. The van der Waals surface area contributed by atoms with Crippen LogP contribution >= 0.6 is 0 Å². The number of nitriles is 2. The Balaban J connectivity index is 0.000000326. The van der Waals surface area contributed by atoms with Gasteiger partial charge in [0.15, 0.2) is 11.5 Å². The van der Waals surface area contributed by atoms with E-state index in [1.807, 2.05) is 19.1 Å².